The molecule has 124 valence electrons. The number of thiazole rings is 1. The van der Waals surface area contributed by atoms with Crippen molar-refractivity contribution in [1.29, 1.82) is 0 Å². The highest BCUT2D eigenvalue weighted by molar-refractivity contribution is 7.16. The van der Waals surface area contributed by atoms with E-state index in [0.29, 0.717) is 30.2 Å². The van der Waals surface area contributed by atoms with Crippen LogP contribution in [0.5, 0.6) is 0 Å². The smallest absolute Gasteiger partial charge is 0.321 e. The average Bonchev–Trinajstić information content (AvgIpc) is 3.11. The van der Waals surface area contributed by atoms with Crippen molar-refractivity contribution in [1.82, 2.24) is 24.3 Å². The van der Waals surface area contributed by atoms with Crippen LogP contribution in [0.3, 0.4) is 0 Å². The molecule has 9 heteroatoms. The molecular formula is C15H15N5O3S. The molecule has 4 rings (SSSR count). The SMILES string of the molecule is Cc1cn2c(=O)cc(CN3Cc4[nH]cnc4C[C@@H]3C(=O)O)nc2s1. The second kappa shape index (κ2) is 5.53. The lowest BCUT2D eigenvalue weighted by molar-refractivity contribution is -0.144. The molecule has 0 aromatic carbocycles. The van der Waals surface area contributed by atoms with E-state index < -0.39 is 12.0 Å². The van der Waals surface area contributed by atoms with Gasteiger partial charge in [-0.25, -0.2) is 9.97 Å². The third kappa shape index (κ3) is 2.51. The van der Waals surface area contributed by atoms with Crippen molar-refractivity contribution < 1.29 is 9.90 Å². The largest absolute Gasteiger partial charge is 0.480 e. The molecule has 1 aliphatic rings. The molecule has 0 saturated heterocycles. The Balaban J connectivity index is 1.68. The lowest BCUT2D eigenvalue weighted by Crippen LogP contribution is -2.45. The Labute approximate surface area is 140 Å². The van der Waals surface area contributed by atoms with Crippen molar-refractivity contribution in [2.24, 2.45) is 0 Å². The van der Waals surface area contributed by atoms with Gasteiger partial charge in [0.05, 0.1) is 23.4 Å². The van der Waals surface area contributed by atoms with Crippen LogP contribution in [0.2, 0.25) is 0 Å². The van der Waals surface area contributed by atoms with Crippen LogP contribution in [0.1, 0.15) is 22.0 Å². The highest BCUT2D eigenvalue weighted by Gasteiger charge is 2.33. The summed E-state index contributed by atoms with van der Waals surface area (Å²) in [7, 11) is 0. The Bertz CT molecular complexity index is 989. The van der Waals surface area contributed by atoms with Crippen LogP contribution >= 0.6 is 11.3 Å². The zero-order valence-electron chi connectivity index (χ0n) is 12.9. The molecule has 4 heterocycles. The Hall–Kier alpha value is -2.52. The van der Waals surface area contributed by atoms with E-state index in [4.69, 9.17) is 0 Å². The molecule has 0 bridgehead atoms. The minimum absolute atomic E-state index is 0.148. The average molecular weight is 345 g/mol. The number of fused-ring (bicyclic) bond motifs is 2. The van der Waals surface area contributed by atoms with Crippen molar-refractivity contribution >= 4 is 22.3 Å². The number of nitrogens with zero attached hydrogens (tertiary/aromatic N) is 4. The number of carboxylic acid groups (broad SMARTS) is 1. The van der Waals surface area contributed by atoms with E-state index in [2.05, 4.69) is 15.0 Å². The Morgan fingerprint density at radius 1 is 1.54 bits per heavy atom. The zero-order valence-corrected chi connectivity index (χ0v) is 13.7. The van der Waals surface area contributed by atoms with Crippen LogP contribution < -0.4 is 5.56 Å². The highest BCUT2D eigenvalue weighted by atomic mass is 32.1. The lowest BCUT2D eigenvalue weighted by Gasteiger charge is -2.31. The summed E-state index contributed by atoms with van der Waals surface area (Å²) < 4.78 is 1.52. The molecule has 3 aromatic rings. The second-order valence-corrected chi connectivity index (χ2v) is 7.08. The van der Waals surface area contributed by atoms with Gasteiger partial charge in [-0.2, -0.15) is 0 Å². The normalized spacial score (nSPS) is 18.0. The number of hydrogen-bond donors (Lipinski definition) is 2. The summed E-state index contributed by atoms with van der Waals surface area (Å²) >= 11 is 1.44. The molecule has 0 radical (unpaired) electrons. The van der Waals surface area contributed by atoms with Gasteiger partial charge in [-0.1, -0.05) is 0 Å². The van der Waals surface area contributed by atoms with Crippen LogP contribution in [-0.4, -0.2) is 41.4 Å². The fourth-order valence-electron chi connectivity index (χ4n) is 3.04. The molecule has 0 spiro atoms. The van der Waals surface area contributed by atoms with E-state index in [1.807, 2.05) is 11.8 Å². The quantitative estimate of drug-likeness (QED) is 0.728. The topological polar surface area (TPSA) is 104 Å². The maximum atomic E-state index is 12.2. The molecule has 2 N–H and O–H groups in total. The van der Waals surface area contributed by atoms with E-state index in [1.165, 1.54) is 21.8 Å². The summed E-state index contributed by atoms with van der Waals surface area (Å²) in [6.07, 6.45) is 3.68. The predicted molar refractivity (Wildman–Crippen MR) is 87.0 cm³/mol. The molecule has 0 saturated carbocycles. The predicted octanol–water partition coefficient (Wildman–Crippen LogP) is 0.799. The first kappa shape index (κ1) is 15.0. The number of nitrogens with one attached hydrogen (secondary N) is 1. The van der Waals surface area contributed by atoms with Gasteiger partial charge in [0.1, 0.15) is 6.04 Å². The van der Waals surface area contributed by atoms with Crippen molar-refractivity contribution in [3.05, 3.63) is 50.9 Å². The molecular weight excluding hydrogens is 330 g/mol. The van der Waals surface area contributed by atoms with Crippen LogP contribution in [0, 0.1) is 6.92 Å². The molecule has 8 nitrogen and oxygen atoms in total. The molecule has 0 amide bonds. The summed E-state index contributed by atoms with van der Waals surface area (Å²) in [5.74, 6) is -0.895. The number of aromatic nitrogens is 4. The molecule has 1 aliphatic heterocycles. The van der Waals surface area contributed by atoms with Gasteiger partial charge in [0, 0.05) is 36.7 Å². The summed E-state index contributed by atoms with van der Waals surface area (Å²) in [4.78, 5) is 39.0. The van der Waals surface area contributed by atoms with E-state index in [9.17, 15) is 14.7 Å². The van der Waals surface area contributed by atoms with E-state index in [-0.39, 0.29) is 5.56 Å². The first-order valence-electron chi connectivity index (χ1n) is 7.48. The van der Waals surface area contributed by atoms with Crippen LogP contribution in [0.4, 0.5) is 0 Å². The van der Waals surface area contributed by atoms with Gasteiger partial charge >= 0.3 is 5.97 Å². The number of hydrogen-bond acceptors (Lipinski definition) is 6. The van der Waals surface area contributed by atoms with Gasteiger partial charge in [-0.05, 0) is 6.92 Å². The molecule has 24 heavy (non-hydrogen) atoms. The standard InChI is InChI=1S/C15H15N5O3S/c1-8-4-20-13(21)2-9(18-15(20)24-8)5-19-6-11-10(16-7-17-11)3-12(19)14(22)23/h2,4,7,12H,3,5-6H2,1H3,(H,16,17)(H,22,23)/t12-/m1/s1. The molecule has 0 aliphatic carbocycles. The fourth-order valence-corrected chi connectivity index (χ4v) is 3.89. The van der Waals surface area contributed by atoms with E-state index in [1.54, 1.807) is 12.5 Å². The van der Waals surface area contributed by atoms with Gasteiger partial charge in [0.15, 0.2) is 4.96 Å². The highest BCUT2D eigenvalue weighted by Crippen LogP contribution is 2.23. The first-order chi connectivity index (χ1) is 11.5. The fraction of sp³-hybridized carbons (Fsp3) is 0.333. The summed E-state index contributed by atoms with van der Waals surface area (Å²) in [6, 6.07) is 0.798. The number of aromatic amines is 1. The van der Waals surface area contributed by atoms with Gasteiger partial charge in [-0.15, -0.1) is 11.3 Å². The van der Waals surface area contributed by atoms with Crippen molar-refractivity contribution in [3.8, 4) is 0 Å². The van der Waals surface area contributed by atoms with Gasteiger partial charge in [-0.3, -0.25) is 18.9 Å². The first-order valence-corrected chi connectivity index (χ1v) is 8.29. The Kier molecular flexibility index (Phi) is 3.47. The molecule has 1 atom stereocenters. The van der Waals surface area contributed by atoms with Crippen LogP contribution in [-0.2, 0) is 24.3 Å². The summed E-state index contributed by atoms with van der Waals surface area (Å²) in [6.45, 7) is 2.66. The van der Waals surface area contributed by atoms with Crippen molar-refractivity contribution in [2.45, 2.75) is 32.5 Å². The van der Waals surface area contributed by atoms with E-state index in [0.717, 1.165) is 16.3 Å². The maximum Gasteiger partial charge on any atom is 0.321 e. The van der Waals surface area contributed by atoms with Gasteiger partial charge in [0.2, 0.25) is 0 Å². The Morgan fingerprint density at radius 3 is 3.17 bits per heavy atom. The maximum absolute atomic E-state index is 12.2. The lowest BCUT2D eigenvalue weighted by atomic mass is 10.0. The monoisotopic (exact) mass is 345 g/mol. The van der Waals surface area contributed by atoms with Gasteiger partial charge in [0.25, 0.3) is 5.56 Å². The van der Waals surface area contributed by atoms with Crippen molar-refractivity contribution in [3.63, 3.8) is 0 Å². The van der Waals surface area contributed by atoms with Crippen LogP contribution in [0.15, 0.2) is 23.4 Å². The second-order valence-electron chi connectivity index (χ2n) is 5.87. The molecule has 0 unspecified atom stereocenters. The minimum atomic E-state index is -0.895. The number of rotatable bonds is 3. The minimum Gasteiger partial charge on any atom is -0.480 e. The Morgan fingerprint density at radius 2 is 2.38 bits per heavy atom. The van der Waals surface area contributed by atoms with E-state index >= 15 is 0 Å². The number of carbonyl (C=O) groups is 1. The summed E-state index contributed by atoms with van der Waals surface area (Å²) in [5.41, 5.74) is 2.13. The number of imidazole rings is 1. The number of aryl methyl sites for hydroxylation is 1. The van der Waals surface area contributed by atoms with Crippen LogP contribution in [0.25, 0.3) is 4.96 Å². The summed E-state index contributed by atoms with van der Waals surface area (Å²) in [5, 5.41) is 9.52. The number of aliphatic carboxylic acids is 1. The number of carboxylic acids is 1. The third-order valence-electron chi connectivity index (χ3n) is 4.18. The van der Waals surface area contributed by atoms with Crippen molar-refractivity contribution in [2.75, 3.05) is 0 Å². The van der Waals surface area contributed by atoms with Gasteiger partial charge < -0.3 is 10.1 Å². The zero-order chi connectivity index (χ0) is 16.8. The molecule has 3 aromatic heterocycles. The molecule has 0 fully saturated rings. The third-order valence-corrected chi connectivity index (χ3v) is 5.08. The number of H-pyrrole nitrogens is 1.